The summed E-state index contributed by atoms with van der Waals surface area (Å²) in [6, 6.07) is 10.5. The van der Waals surface area contributed by atoms with Crippen molar-refractivity contribution in [1.82, 2.24) is 19.5 Å². The summed E-state index contributed by atoms with van der Waals surface area (Å²) in [6.45, 7) is 0. The lowest BCUT2D eigenvalue weighted by atomic mass is 9.93. The lowest BCUT2D eigenvalue weighted by Gasteiger charge is -2.19. The molecule has 3 heterocycles. The third-order valence-corrected chi connectivity index (χ3v) is 7.63. The van der Waals surface area contributed by atoms with Crippen molar-refractivity contribution in [1.29, 1.82) is 0 Å². The van der Waals surface area contributed by atoms with Crippen LogP contribution in [0.1, 0.15) is 48.5 Å². The lowest BCUT2D eigenvalue weighted by Crippen LogP contribution is -2.29. The molecular weight excluding hydrogens is 414 g/mol. The van der Waals surface area contributed by atoms with E-state index in [9.17, 15) is 10.2 Å². The molecule has 2 aliphatic rings. The van der Waals surface area contributed by atoms with Gasteiger partial charge < -0.3 is 20.5 Å². The summed E-state index contributed by atoms with van der Waals surface area (Å²) in [5.74, 6) is 0.434. The first-order chi connectivity index (χ1) is 16.1. The molecule has 6 rings (SSSR count). The molecule has 0 bridgehead atoms. The summed E-state index contributed by atoms with van der Waals surface area (Å²) < 4.78 is 1.93. The molecule has 0 saturated heterocycles. The zero-order valence-corrected chi connectivity index (χ0v) is 18.6. The average Bonchev–Trinajstić information content (AvgIpc) is 3.38. The van der Waals surface area contributed by atoms with E-state index in [0.29, 0.717) is 17.9 Å². The van der Waals surface area contributed by atoms with E-state index in [1.165, 1.54) is 41.4 Å². The van der Waals surface area contributed by atoms with Crippen molar-refractivity contribution >= 4 is 27.8 Å². The highest BCUT2D eigenvalue weighted by Gasteiger charge is 2.42. The number of anilines is 1. The molecule has 4 N–H and O–H groups in total. The van der Waals surface area contributed by atoms with Crippen LogP contribution in [0.3, 0.4) is 0 Å². The molecule has 7 nitrogen and oxygen atoms in total. The van der Waals surface area contributed by atoms with Crippen LogP contribution >= 0.6 is 0 Å². The van der Waals surface area contributed by atoms with Gasteiger partial charge in [0.2, 0.25) is 0 Å². The second-order valence-corrected chi connectivity index (χ2v) is 9.63. The maximum Gasteiger partial charge on any atom is 0.145 e. The Hall–Kier alpha value is -3.03. The number of aromatic nitrogens is 4. The highest BCUT2D eigenvalue weighted by molar-refractivity contribution is 5.86. The average molecular weight is 444 g/mol. The standard InChI is InChI=1S/C26H29N5O2/c27-25-19-9-10-31(26(19)29-14-28-25)22-13-18(23(32)24(22)33)8-6-15-5-7-17-12-16-3-1-2-4-20(16)30-21(17)11-15/h5,7,9-12,14,18,22-24,32-33H,1-4,6,8,13H2,(H2,27,28,29)/t18-,22+,23+,24-/m0/s1. The molecule has 170 valence electrons. The Balaban J connectivity index is 1.20. The third-order valence-electron chi connectivity index (χ3n) is 7.63. The smallest absolute Gasteiger partial charge is 0.145 e. The van der Waals surface area contributed by atoms with Crippen LogP contribution in [0.5, 0.6) is 0 Å². The Kier molecular flexibility index (Phi) is 5.03. The SMILES string of the molecule is Nc1ncnc2c1ccn2[C@@H]1C[C@H](CCc2ccc3cc4c(nc3c2)CCCC4)[C@@H](O)[C@H]1O. The Morgan fingerprint density at radius 3 is 2.82 bits per heavy atom. The molecule has 4 atom stereocenters. The summed E-state index contributed by atoms with van der Waals surface area (Å²) in [5, 5.41) is 23.6. The first kappa shape index (κ1) is 20.6. The van der Waals surface area contributed by atoms with Crippen molar-refractivity contribution < 1.29 is 10.2 Å². The number of benzene rings is 1. The van der Waals surface area contributed by atoms with Gasteiger partial charge in [-0.25, -0.2) is 9.97 Å². The molecule has 4 aromatic rings. The van der Waals surface area contributed by atoms with Gasteiger partial charge in [-0.3, -0.25) is 4.98 Å². The number of aliphatic hydroxyl groups excluding tert-OH is 2. The monoisotopic (exact) mass is 443 g/mol. The number of aliphatic hydroxyl groups is 2. The van der Waals surface area contributed by atoms with Crippen molar-refractivity contribution in [2.75, 3.05) is 5.73 Å². The largest absolute Gasteiger partial charge is 0.390 e. The van der Waals surface area contributed by atoms with Crippen LogP contribution < -0.4 is 5.73 Å². The van der Waals surface area contributed by atoms with E-state index >= 15 is 0 Å². The number of aryl methyl sites for hydroxylation is 3. The number of pyridine rings is 1. The fourth-order valence-electron chi connectivity index (χ4n) is 5.77. The maximum absolute atomic E-state index is 10.8. The van der Waals surface area contributed by atoms with Crippen molar-refractivity contribution in [2.24, 2.45) is 5.92 Å². The minimum atomic E-state index is -0.841. The summed E-state index contributed by atoms with van der Waals surface area (Å²) in [4.78, 5) is 13.3. The van der Waals surface area contributed by atoms with Crippen molar-refractivity contribution in [3.63, 3.8) is 0 Å². The van der Waals surface area contributed by atoms with E-state index < -0.39 is 12.2 Å². The molecule has 1 saturated carbocycles. The molecule has 33 heavy (non-hydrogen) atoms. The fourth-order valence-corrected chi connectivity index (χ4v) is 5.77. The van der Waals surface area contributed by atoms with Gasteiger partial charge in [0.1, 0.15) is 23.9 Å². The van der Waals surface area contributed by atoms with Gasteiger partial charge in [0.05, 0.1) is 23.0 Å². The van der Waals surface area contributed by atoms with Crippen LogP contribution in [-0.2, 0) is 19.3 Å². The van der Waals surface area contributed by atoms with Gasteiger partial charge in [-0.05, 0) is 80.2 Å². The van der Waals surface area contributed by atoms with E-state index in [2.05, 4.69) is 34.2 Å². The second kappa shape index (κ2) is 8.08. The van der Waals surface area contributed by atoms with Crippen molar-refractivity contribution in [2.45, 2.75) is 63.2 Å². The zero-order valence-electron chi connectivity index (χ0n) is 18.6. The molecule has 0 radical (unpaired) electrons. The van der Waals surface area contributed by atoms with Crippen LogP contribution in [0.15, 0.2) is 42.9 Å². The van der Waals surface area contributed by atoms with Crippen LogP contribution in [0, 0.1) is 5.92 Å². The number of hydrogen-bond donors (Lipinski definition) is 3. The summed E-state index contributed by atoms with van der Waals surface area (Å²) in [6.07, 6.45) is 8.75. The van der Waals surface area contributed by atoms with E-state index in [0.717, 1.165) is 36.6 Å². The highest BCUT2D eigenvalue weighted by atomic mass is 16.3. The molecule has 1 fully saturated rings. The van der Waals surface area contributed by atoms with Gasteiger partial charge in [0, 0.05) is 17.3 Å². The maximum atomic E-state index is 10.8. The summed E-state index contributed by atoms with van der Waals surface area (Å²) in [5.41, 5.74) is 11.6. The number of hydrogen-bond acceptors (Lipinski definition) is 6. The zero-order chi connectivity index (χ0) is 22.5. The minimum Gasteiger partial charge on any atom is -0.390 e. The fraction of sp³-hybridized carbons (Fsp3) is 0.423. The van der Waals surface area contributed by atoms with Gasteiger partial charge in [-0.2, -0.15) is 0 Å². The Labute approximate surface area is 192 Å². The molecule has 0 aliphatic heterocycles. The first-order valence-electron chi connectivity index (χ1n) is 11.9. The van der Waals surface area contributed by atoms with Crippen LogP contribution in [0.25, 0.3) is 21.9 Å². The second-order valence-electron chi connectivity index (χ2n) is 9.63. The third kappa shape index (κ3) is 3.56. The van der Waals surface area contributed by atoms with Crippen LogP contribution in [0.2, 0.25) is 0 Å². The normalized spacial score (nSPS) is 25.0. The predicted octanol–water partition coefficient (Wildman–Crippen LogP) is 3.36. The number of nitrogens with zero attached hydrogens (tertiary/aromatic N) is 4. The molecule has 7 heteroatoms. The molecule has 0 unspecified atom stereocenters. The van der Waals surface area contributed by atoms with Crippen LogP contribution in [-0.4, -0.2) is 41.9 Å². The van der Waals surface area contributed by atoms with Gasteiger partial charge in [0.15, 0.2) is 0 Å². The van der Waals surface area contributed by atoms with Gasteiger partial charge in [-0.15, -0.1) is 0 Å². The van der Waals surface area contributed by atoms with Gasteiger partial charge in [0.25, 0.3) is 0 Å². The lowest BCUT2D eigenvalue weighted by molar-refractivity contribution is 0.00545. The molecular formula is C26H29N5O2. The highest BCUT2D eigenvalue weighted by Crippen LogP contribution is 2.39. The Bertz CT molecular complexity index is 1330. The molecule has 1 aromatic carbocycles. The van der Waals surface area contributed by atoms with Gasteiger partial charge >= 0.3 is 0 Å². The van der Waals surface area contributed by atoms with Crippen molar-refractivity contribution in [3.8, 4) is 0 Å². The molecule has 0 amide bonds. The minimum absolute atomic E-state index is 0.00817. The van der Waals surface area contributed by atoms with E-state index in [1.54, 1.807) is 0 Å². The Morgan fingerprint density at radius 1 is 1.03 bits per heavy atom. The quantitative estimate of drug-likeness (QED) is 0.446. The molecule has 2 aliphatic carbocycles. The number of nitrogen functional groups attached to an aromatic ring is 1. The Morgan fingerprint density at radius 2 is 1.91 bits per heavy atom. The number of rotatable bonds is 4. The van der Waals surface area contributed by atoms with Crippen LogP contribution in [0.4, 0.5) is 5.82 Å². The van der Waals surface area contributed by atoms with E-state index in [1.807, 2.05) is 16.8 Å². The van der Waals surface area contributed by atoms with Gasteiger partial charge in [-0.1, -0.05) is 12.1 Å². The first-order valence-corrected chi connectivity index (χ1v) is 11.9. The number of fused-ring (bicyclic) bond motifs is 3. The van der Waals surface area contributed by atoms with Crippen molar-refractivity contribution in [3.05, 3.63) is 59.7 Å². The molecule has 0 spiro atoms. The summed E-state index contributed by atoms with van der Waals surface area (Å²) >= 11 is 0. The molecule has 3 aromatic heterocycles. The predicted molar refractivity (Wildman–Crippen MR) is 128 cm³/mol. The van der Waals surface area contributed by atoms with E-state index in [4.69, 9.17) is 10.7 Å². The number of nitrogens with two attached hydrogens (primary N) is 1. The summed E-state index contributed by atoms with van der Waals surface area (Å²) in [7, 11) is 0. The topological polar surface area (TPSA) is 110 Å². The van der Waals surface area contributed by atoms with E-state index in [-0.39, 0.29) is 12.0 Å².